The Kier molecular flexibility index (Phi) is 4.84. The van der Waals surface area contributed by atoms with E-state index in [2.05, 4.69) is 27.3 Å². The first kappa shape index (κ1) is 16.1. The minimum atomic E-state index is 0. The summed E-state index contributed by atoms with van der Waals surface area (Å²) in [6.45, 7) is 0.573. The van der Waals surface area contributed by atoms with Crippen molar-refractivity contribution in [2.45, 2.75) is 6.54 Å². The standard InChI is InChI=1S/C18H14N4O.ClH/c1-3-7-14(8-4-1)17-20-16(23-21-17)13-22-12-11-19-18(22)15-9-5-2-6-10-15;/h1-12H,13H2;1H. The molecule has 0 saturated heterocycles. The van der Waals surface area contributed by atoms with Gasteiger partial charge in [-0.3, -0.25) is 4.90 Å². The zero-order valence-corrected chi connectivity index (χ0v) is 13.5. The summed E-state index contributed by atoms with van der Waals surface area (Å²) in [6, 6.07) is 19.9. The SMILES string of the molecule is C1=C[NH+](Cc2nc(-c3ccccc3)no2)C(c2ccccc2)=N1.[Cl-]. The molecule has 0 saturated carbocycles. The Morgan fingerprint density at radius 3 is 2.25 bits per heavy atom. The van der Waals surface area contributed by atoms with Crippen molar-refractivity contribution in [2.24, 2.45) is 4.99 Å². The monoisotopic (exact) mass is 338 g/mol. The number of rotatable bonds is 4. The fourth-order valence-electron chi connectivity index (χ4n) is 2.56. The molecule has 1 atom stereocenters. The number of aliphatic imine (C=N–C) groups is 1. The molecule has 2 aromatic carbocycles. The molecule has 0 spiro atoms. The van der Waals surface area contributed by atoms with Gasteiger partial charge in [0.25, 0.3) is 5.89 Å². The van der Waals surface area contributed by atoms with Crippen LogP contribution in [-0.2, 0) is 6.54 Å². The van der Waals surface area contributed by atoms with E-state index in [1.165, 1.54) is 0 Å². The molecule has 0 radical (unpaired) electrons. The van der Waals surface area contributed by atoms with E-state index >= 15 is 0 Å². The summed E-state index contributed by atoms with van der Waals surface area (Å²) in [5.41, 5.74) is 2.04. The average Bonchev–Trinajstić information content (AvgIpc) is 3.26. The molecular formula is C18H15ClN4O. The third-order valence-corrected chi connectivity index (χ3v) is 3.67. The van der Waals surface area contributed by atoms with Gasteiger partial charge < -0.3 is 16.9 Å². The lowest BCUT2D eigenvalue weighted by Gasteiger charge is -2.09. The fourth-order valence-corrected chi connectivity index (χ4v) is 2.56. The summed E-state index contributed by atoms with van der Waals surface area (Å²) in [7, 11) is 0. The van der Waals surface area contributed by atoms with Crippen molar-refractivity contribution in [3.63, 3.8) is 0 Å². The summed E-state index contributed by atoms with van der Waals surface area (Å²) in [6.07, 6.45) is 3.81. The van der Waals surface area contributed by atoms with Gasteiger partial charge >= 0.3 is 0 Å². The van der Waals surface area contributed by atoms with E-state index in [1.807, 2.05) is 60.9 Å². The highest BCUT2D eigenvalue weighted by Crippen LogP contribution is 2.14. The Labute approximate surface area is 145 Å². The van der Waals surface area contributed by atoms with Crippen LogP contribution in [-0.4, -0.2) is 16.0 Å². The second-order valence-electron chi connectivity index (χ2n) is 5.24. The minimum absolute atomic E-state index is 0. The first-order valence-electron chi connectivity index (χ1n) is 7.44. The van der Waals surface area contributed by atoms with Crippen LogP contribution in [0.5, 0.6) is 0 Å². The molecule has 5 nitrogen and oxygen atoms in total. The zero-order valence-electron chi connectivity index (χ0n) is 12.8. The second kappa shape index (κ2) is 7.21. The van der Waals surface area contributed by atoms with E-state index in [4.69, 9.17) is 4.52 Å². The maximum Gasteiger partial charge on any atom is 0.283 e. The molecule has 120 valence electrons. The Morgan fingerprint density at radius 2 is 1.54 bits per heavy atom. The third-order valence-electron chi connectivity index (χ3n) is 3.67. The van der Waals surface area contributed by atoms with E-state index in [0.717, 1.165) is 21.9 Å². The smallest absolute Gasteiger partial charge is 0.283 e. The molecule has 1 N–H and O–H groups in total. The molecular weight excluding hydrogens is 324 g/mol. The number of aromatic nitrogens is 2. The van der Waals surface area contributed by atoms with Crippen molar-refractivity contribution >= 4 is 5.84 Å². The van der Waals surface area contributed by atoms with Gasteiger partial charge in [0.1, 0.15) is 6.20 Å². The van der Waals surface area contributed by atoms with E-state index < -0.39 is 0 Å². The number of hydrogen-bond donors (Lipinski definition) is 1. The highest BCUT2D eigenvalue weighted by atomic mass is 35.5. The van der Waals surface area contributed by atoms with Gasteiger partial charge in [-0.05, 0) is 12.1 Å². The summed E-state index contributed by atoms with van der Waals surface area (Å²) in [5.74, 6) is 2.17. The van der Waals surface area contributed by atoms with Crippen molar-refractivity contribution in [3.05, 3.63) is 84.5 Å². The molecule has 0 fully saturated rings. The van der Waals surface area contributed by atoms with Crippen LogP contribution >= 0.6 is 0 Å². The molecule has 1 aliphatic heterocycles. The lowest BCUT2D eigenvalue weighted by Crippen LogP contribution is -3.08. The first-order valence-corrected chi connectivity index (χ1v) is 7.44. The number of amidine groups is 1. The van der Waals surface area contributed by atoms with Crippen molar-refractivity contribution in [3.8, 4) is 11.4 Å². The van der Waals surface area contributed by atoms with Crippen molar-refractivity contribution in [1.29, 1.82) is 0 Å². The molecule has 3 aromatic rings. The van der Waals surface area contributed by atoms with Crippen LogP contribution in [0.2, 0.25) is 0 Å². The lowest BCUT2D eigenvalue weighted by atomic mass is 10.2. The van der Waals surface area contributed by atoms with Gasteiger partial charge in [0.2, 0.25) is 11.7 Å². The predicted molar refractivity (Wildman–Crippen MR) is 86.5 cm³/mol. The Morgan fingerprint density at radius 1 is 0.875 bits per heavy atom. The van der Waals surface area contributed by atoms with Crippen LogP contribution in [0.3, 0.4) is 0 Å². The van der Waals surface area contributed by atoms with E-state index in [9.17, 15) is 0 Å². The van der Waals surface area contributed by atoms with Gasteiger partial charge in [-0.2, -0.15) is 9.98 Å². The van der Waals surface area contributed by atoms with Gasteiger partial charge in [0.15, 0.2) is 6.54 Å². The van der Waals surface area contributed by atoms with E-state index in [-0.39, 0.29) is 12.4 Å². The summed E-state index contributed by atoms with van der Waals surface area (Å²) < 4.78 is 5.39. The Balaban J connectivity index is 0.00000169. The normalized spacial score (nSPS) is 15.8. The summed E-state index contributed by atoms with van der Waals surface area (Å²) in [5, 5.41) is 4.06. The number of benzene rings is 2. The highest BCUT2D eigenvalue weighted by Gasteiger charge is 2.24. The van der Waals surface area contributed by atoms with Crippen LogP contribution < -0.4 is 17.3 Å². The third kappa shape index (κ3) is 3.27. The summed E-state index contributed by atoms with van der Waals surface area (Å²) in [4.78, 5) is 10.0. The quantitative estimate of drug-likeness (QED) is 0.668. The molecule has 1 aliphatic rings. The van der Waals surface area contributed by atoms with Crippen LogP contribution in [0.4, 0.5) is 0 Å². The fraction of sp³-hybridized carbons (Fsp3) is 0.0556. The van der Waals surface area contributed by atoms with Gasteiger partial charge in [0.05, 0.1) is 11.8 Å². The molecule has 6 heteroatoms. The van der Waals surface area contributed by atoms with Gasteiger partial charge in [-0.25, -0.2) is 0 Å². The second-order valence-corrected chi connectivity index (χ2v) is 5.24. The van der Waals surface area contributed by atoms with Crippen molar-refractivity contribution in [1.82, 2.24) is 10.1 Å². The van der Waals surface area contributed by atoms with Crippen molar-refractivity contribution < 1.29 is 21.8 Å². The van der Waals surface area contributed by atoms with Gasteiger partial charge in [-0.1, -0.05) is 53.7 Å². The predicted octanol–water partition coefficient (Wildman–Crippen LogP) is -0.943. The average molecular weight is 339 g/mol. The largest absolute Gasteiger partial charge is 1.00 e. The lowest BCUT2D eigenvalue weighted by molar-refractivity contribution is -0.761. The number of quaternary nitrogens is 1. The number of nitrogens with zero attached hydrogens (tertiary/aromatic N) is 3. The van der Waals surface area contributed by atoms with Gasteiger partial charge in [0, 0.05) is 5.56 Å². The Bertz CT molecular complexity index is 859. The topological polar surface area (TPSA) is 55.7 Å². The number of halogens is 1. The molecule has 1 aromatic heterocycles. The maximum absolute atomic E-state index is 5.39. The molecule has 24 heavy (non-hydrogen) atoms. The van der Waals surface area contributed by atoms with Crippen LogP contribution in [0.1, 0.15) is 11.5 Å². The molecule has 1 unspecified atom stereocenters. The van der Waals surface area contributed by atoms with E-state index in [1.54, 1.807) is 0 Å². The van der Waals surface area contributed by atoms with Gasteiger partial charge in [-0.15, -0.1) is 0 Å². The maximum atomic E-state index is 5.39. The van der Waals surface area contributed by atoms with E-state index in [0.29, 0.717) is 18.3 Å². The zero-order chi connectivity index (χ0) is 15.5. The minimum Gasteiger partial charge on any atom is -1.00 e. The van der Waals surface area contributed by atoms with Crippen LogP contribution in [0.25, 0.3) is 11.4 Å². The molecule has 4 rings (SSSR count). The highest BCUT2D eigenvalue weighted by molar-refractivity contribution is 5.93. The molecule has 0 aliphatic carbocycles. The Hall–Kier alpha value is -2.76. The molecule has 0 amide bonds. The summed E-state index contributed by atoms with van der Waals surface area (Å²) >= 11 is 0. The van der Waals surface area contributed by atoms with Crippen molar-refractivity contribution in [2.75, 3.05) is 0 Å². The van der Waals surface area contributed by atoms with Crippen LogP contribution in [0.15, 0.2) is 82.6 Å². The number of nitrogens with one attached hydrogen (secondary N) is 1. The van der Waals surface area contributed by atoms with Crippen LogP contribution in [0, 0.1) is 0 Å². The molecule has 0 bridgehead atoms. The molecule has 2 heterocycles. The first-order chi connectivity index (χ1) is 11.4. The number of hydrogen-bond acceptors (Lipinski definition) is 4.